The van der Waals surface area contributed by atoms with Crippen molar-refractivity contribution in [2.75, 3.05) is 0 Å². The molecule has 0 aliphatic heterocycles. The van der Waals surface area contributed by atoms with E-state index in [0.29, 0.717) is 15.9 Å². The van der Waals surface area contributed by atoms with Gasteiger partial charge in [-0.15, -0.1) is 0 Å². The van der Waals surface area contributed by atoms with Crippen LogP contribution in [0.3, 0.4) is 0 Å². The minimum Gasteiger partial charge on any atom is -0.436 e. The van der Waals surface area contributed by atoms with Gasteiger partial charge in [-0.25, -0.2) is 4.98 Å². The van der Waals surface area contributed by atoms with Crippen molar-refractivity contribution in [3.05, 3.63) is 40.8 Å². The number of halogens is 3. The van der Waals surface area contributed by atoms with E-state index in [1.165, 1.54) is 6.07 Å². The molecule has 0 amide bonds. The van der Waals surface area contributed by atoms with E-state index in [1.54, 1.807) is 19.9 Å². The Bertz CT molecular complexity index is 603. The van der Waals surface area contributed by atoms with Gasteiger partial charge < -0.3 is 10.2 Å². The van der Waals surface area contributed by atoms with E-state index in [2.05, 4.69) is 4.98 Å². The SMILES string of the molecule is Cc1nc(Sc2ccc(CN)c(C(F)(F)F)c2)oc1C. The number of aryl methyl sites for hydroxylation is 2. The van der Waals surface area contributed by atoms with Crippen molar-refractivity contribution in [3.8, 4) is 0 Å². The molecule has 1 heterocycles. The van der Waals surface area contributed by atoms with Crippen LogP contribution in [0.5, 0.6) is 0 Å². The zero-order valence-corrected chi connectivity index (χ0v) is 11.7. The Labute approximate surface area is 118 Å². The number of aromatic nitrogens is 1. The predicted molar refractivity (Wildman–Crippen MR) is 69.4 cm³/mol. The molecule has 0 unspecified atom stereocenters. The molecule has 0 aliphatic carbocycles. The van der Waals surface area contributed by atoms with Crippen molar-refractivity contribution in [3.63, 3.8) is 0 Å². The first-order valence-electron chi connectivity index (χ1n) is 5.83. The van der Waals surface area contributed by atoms with Crippen LogP contribution in [0.15, 0.2) is 32.7 Å². The summed E-state index contributed by atoms with van der Waals surface area (Å²) in [5, 5.41) is 0.327. The Kier molecular flexibility index (Phi) is 4.10. The standard InChI is InChI=1S/C13H13F3N2OS/c1-7-8(2)19-12(18-7)20-10-4-3-9(6-17)11(5-10)13(14,15)16/h3-5H,6,17H2,1-2H3. The highest BCUT2D eigenvalue weighted by Crippen LogP contribution is 2.36. The summed E-state index contributed by atoms with van der Waals surface area (Å²) < 4.78 is 44.1. The molecule has 0 saturated heterocycles. The monoisotopic (exact) mass is 302 g/mol. The first-order chi connectivity index (χ1) is 9.31. The predicted octanol–water partition coefficient (Wildman–Crippen LogP) is 3.92. The average molecular weight is 302 g/mol. The number of oxazole rings is 1. The van der Waals surface area contributed by atoms with Gasteiger partial charge in [-0.05, 0) is 43.3 Å². The summed E-state index contributed by atoms with van der Waals surface area (Å²) in [4.78, 5) is 4.54. The molecule has 108 valence electrons. The Balaban J connectivity index is 2.34. The molecule has 1 aromatic heterocycles. The van der Waals surface area contributed by atoms with Crippen molar-refractivity contribution in [2.24, 2.45) is 5.73 Å². The van der Waals surface area contributed by atoms with E-state index in [1.807, 2.05) is 0 Å². The van der Waals surface area contributed by atoms with Crippen molar-refractivity contribution < 1.29 is 17.6 Å². The molecule has 20 heavy (non-hydrogen) atoms. The number of rotatable bonds is 3. The van der Waals surface area contributed by atoms with Crippen LogP contribution < -0.4 is 5.73 Å². The van der Waals surface area contributed by atoms with E-state index >= 15 is 0 Å². The maximum Gasteiger partial charge on any atom is 0.416 e. The highest BCUT2D eigenvalue weighted by atomic mass is 32.2. The lowest BCUT2D eigenvalue weighted by atomic mass is 10.1. The number of nitrogens with two attached hydrogens (primary N) is 1. The third-order valence-electron chi connectivity index (χ3n) is 2.82. The summed E-state index contributed by atoms with van der Waals surface area (Å²) in [6, 6.07) is 4.03. The second-order valence-electron chi connectivity index (χ2n) is 4.24. The van der Waals surface area contributed by atoms with E-state index in [0.717, 1.165) is 23.5 Å². The molecule has 0 aliphatic rings. The molecule has 0 fully saturated rings. The quantitative estimate of drug-likeness (QED) is 0.933. The van der Waals surface area contributed by atoms with Crippen molar-refractivity contribution in [1.29, 1.82) is 0 Å². The third-order valence-corrected chi connectivity index (χ3v) is 3.66. The number of hydrogen-bond acceptors (Lipinski definition) is 4. The van der Waals surface area contributed by atoms with Gasteiger partial charge in [0.2, 0.25) is 0 Å². The van der Waals surface area contributed by atoms with Gasteiger partial charge >= 0.3 is 6.18 Å². The summed E-state index contributed by atoms with van der Waals surface area (Å²) in [7, 11) is 0. The summed E-state index contributed by atoms with van der Waals surface area (Å²) in [6.07, 6.45) is -4.42. The van der Waals surface area contributed by atoms with Gasteiger partial charge in [0, 0.05) is 11.4 Å². The first-order valence-corrected chi connectivity index (χ1v) is 6.65. The van der Waals surface area contributed by atoms with Gasteiger partial charge in [-0.2, -0.15) is 13.2 Å². The Hall–Kier alpha value is -1.47. The second-order valence-corrected chi connectivity index (χ2v) is 5.27. The molecule has 0 saturated carbocycles. The zero-order valence-electron chi connectivity index (χ0n) is 10.9. The molecule has 1 aromatic carbocycles. The van der Waals surface area contributed by atoms with Crippen molar-refractivity contribution in [1.82, 2.24) is 4.98 Å². The molecular weight excluding hydrogens is 289 g/mol. The van der Waals surface area contributed by atoms with Gasteiger partial charge in [0.05, 0.1) is 11.3 Å². The van der Waals surface area contributed by atoms with Gasteiger partial charge in [0.1, 0.15) is 5.76 Å². The fraction of sp³-hybridized carbons (Fsp3) is 0.308. The van der Waals surface area contributed by atoms with Crippen LogP contribution in [0.2, 0.25) is 0 Å². The number of nitrogens with zero attached hydrogens (tertiary/aromatic N) is 1. The van der Waals surface area contributed by atoms with Crippen LogP contribution in [0.1, 0.15) is 22.6 Å². The molecule has 0 spiro atoms. The summed E-state index contributed by atoms with van der Waals surface area (Å²) in [5.41, 5.74) is 5.41. The fourth-order valence-corrected chi connectivity index (χ4v) is 2.51. The second kappa shape index (κ2) is 5.49. The molecule has 2 aromatic rings. The topological polar surface area (TPSA) is 52.0 Å². The van der Waals surface area contributed by atoms with E-state index in [9.17, 15) is 13.2 Å². The summed E-state index contributed by atoms with van der Waals surface area (Å²) in [6.45, 7) is 3.38. The Morgan fingerprint density at radius 3 is 2.50 bits per heavy atom. The Morgan fingerprint density at radius 1 is 1.30 bits per heavy atom. The number of hydrogen-bond donors (Lipinski definition) is 1. The summed E-state index contributed by atoms with van der Waals surface area (Å²) in [5.74, 6) is 0.655. The van der Waals surface area contributed by atoms with Gasteiger partial charge in [-0.3, -0.25) is 0 Å². The molecule has 2 N–H and O–H groups in total. The maximum atomic E-state index is 12.9. The fourth-order valence-electron chi connectivity index (χ4n) is 1.65. The van der Waals surface area contributed by atoms with Crippen LogP contribution in [-0.2, 0) is 12.7 Å². The van der Waals surface area contributed by atoms with Gasteiger partial charge in [0.25, 0.3) is 5.22 Å². The van der Waals surface area contributed by atoms with E-state index in [-0.39, 0.29) is 12.1 Å². The minimum atomic E-state index is -4.42. The molecule has 0 radical (unpaired) electrons. The normalized spacial score (nSPS) is 11.9. The van der Waals surface area contributed by atoms with Crippen LogP contribution in [0.4, 0.5) is 13.2 Å². The summed E-state index contributed by atoms with van der Waals surface area (Å²) >= 11 is 1.05. The third kappa shape index (κ3) is 3.16. The highest BCUT2D eigenvalue weighted by Gasteiger charge is 2.33. The maximum absolute atomic E-state index is 12.9. The number of alkyl halides is 3. The smallest absolute Gasteiger partial charge is 0.416 e. The van der Waals surface area contributed by atoms with Gasteiger partial charge in [-0.1, -0.05) is 6.07 Å². The van der Waals surface area contributed by atoms with Crippen LogP contribution in [-0.4, -0.2) is 4.98 Å². The molecular formula is C13H13F3N2OS. The number of benzene rings is 1. The first kappa shape index (κ1) is 14.9. The Morgan fingerprint density at radius 2 is 2.00 bits per heavy atom. The highest BCUT2D eigenvalue weighted by molar-refractivity contribution is 7.99. The lowest BCUT2D eigenvalue weighted by Gasteiger charge is -2.12. The van der Waals surface area contributed by atoms with Crippen LogP contribution in [0, 0.1) is 13.8 Å². The lowest BCUT2D eigenvalue weighted by Crippen LogP contribution is -2.11. The molecule has 7 heteroatoms. The molecule has 3 nitrogen and oxygen atoms in total. The van der Waals surface area contributed by atoms with Gasteiger partial charge in [0.15, 0.2) is 0 Å². The molecule has 0 atom stereocenters. The van der Waals surface area contributed by atoms with E-state index in [4.69, 9.17) is 10.2 Å². The molecule has 0 bridgehead atoms. The largest absolute Gasteiger partial charge is 0.436 e. The van der Waals surface area contributed by atoms with E-state index < -0.39 is 11.7 Å². The van der Waals surface area contributed by atoms with Crippen LogP contribution in [0.25, 0.3) is 0 Å². The van der Waals surface area contributed by atoms with Crippen molar-refractivity contribution >= 4 is 11.8 Å². The minimum absolute atomic E-state index is 0.0709. The molecule has 2 rings (SSSR count). The van der Waals surface area contributed by atoms with Crippen molar-refractivity contribution in [2.45, 2.75) is 36.7 Å². The lowest BCUT2D eigenvalue weighted by molar-refractivity contribution is -0.138. The average Bonchev–Trinajstić information content (AvgIpc) is 2.67. The zero-order chi connectivity index (χ0) is 14.9. The van der Waals surface area contributed by atoms with Crippen LogP contribution >= 0.6 is 11.8 Å².